The largest absolute Gasteiger partial charge is 0.491 e. The van der Waals surface area contributed by atoms with Crippen LogP contribution in [0.4, 0.5) is 11.5 Å². The van der Waals surface area contributed by atoms with Gasteiger partial charge in [0.2, 0.25) is 5.88 Å². The van der Waals surface area contributed by atoms with Crippen LogP contribution in [0.3, 0.4) is 0 Å². The van der Waals surface area contributed by atoms with Gasteiger partial charge in [-0.15, -0.1) is 0 Å². The summed E-state index contributed by atoms with van der Waals surface area (Å²) in [4.78, 5) is 16.0. The van der Waals surface area contributed by atoms with Crippen LogP contribution in [0.25, 0.3) is 11.4 Å². The third-order valence-corrected chi connectivity index (χ3v) is 7.40. The van der Waals surface area contributed by atoms with Gasteiger partial charge >= 0.3 is 0 Å². The Labute approximate surface area is 239 Å². The first-order valence-corrected chi connectivity index (χ1v) is 14.3. The fourth-order valence-corrected chi connectivity index (χ4v) is 5.29. The van der Waals surface area contributed by atoms with E-state index in [0.717, 1.165) is 42.4 Å². The van der Waals surface area contributed by atoms with Crippen LogP contribution in [0.5, 0.6) is 11.6 Å². The Morgan fingerprint density at radius 2 is 1.90 bits per heavy atom. The third-order valence-electron chi connectivity index (χ3n) is 6.33. The number of rotatable bonds is 10. The minimum atomic E-state index is 0.00508. The van der Waals surface area contributed by atoms with E-state index in [9.17, 15) is 0 Å². The van der Waals surface area contributed by atoms with Crippen molar-refractivity contribution in [2.45, 2.75) is 70.7 Å². The van der Waals surface area contributed by atoms with E-state index < -0.39 is 0 Å². The van der Waals surface area contributed by atoms with Gasteiger partial charge in [-0.25, -0.2) is 9.97 Å². The molecule has 0 unspecified atom stereocenters. The van der Waals surface area contributed by atoms with Gasteiger partial charge in [0.25, 0.3) is 0 Å². The molecule has 0 saturated carbocycles. The van der Waals surface area contributed by atoms with Crippen molar-refractivity contribution in [3.05, 3.63) is 47.1 Å². The molecule has 4 rings (SSSR count). The van der Waals surface area contributed by atoms with E-state index in [1.165, 1.54) is 11.9 Å². The maximum atomic E-state index is 8.23. The van der Waals surface area contributed by atoms with Gasteiger partial charge in [0.1, 0.15) is 22.7 Å². The van der Waals surface area contributed by atoms with Crippen molar-refractivity contribution >= 4 is 40.8 Å². The van der Waals surface area contributed by atoms with Crippen LogP contribution in [0.2, 0.25) is 5.02 Å². The Morgan fingerprint density at radius 3 is 2.54 bits per heavy atom. The summed E-state index contributed by atoms with van der Waals surface area (Å²) in [5.41, 5.74) is 8.41. The van der Waals surface area contributed by atoms with Crippen LogP contribution in [0, 0.1) is 5.41 Å². The molecule has 2 aromatic heterocycles. The maximum Gasteiger partial charge on any atom is 0.228 e. The molecule has 3 aromatic rings. The first-order valence-electron chi connectivity index (χ1n) is 13.1. The smallest absolute Gasteiger partial charge is 0.228 e. The highest BCUT2D eigenvalue weighted by Gasteiger charge is 2.25. The number of pyridine rings is 1. The van der Waals surface area contributed by atoms with E-state index in [1.807, 2.05) is 38.1 Å². The van der Waals surface area contributed by atoms with E-state index in [0.29, 0.717) is 33.9 Å². The van der Waals surface area contributed by atoms with E-state index in [4.69, 9.17) is 37.2 Å². The standard InChI is InChI=1S/C28H36ClN7O2S/c1-16(2)36-12-9-20(10-13-36)38-28-25(18(5)30)26(31)33-27(34-28)19-6-7-23(22(29)14-19)35-39-24-15-21(8-11-32-24)37-17(3)4/h6-8,11,14-17,20,30,35H,9-10,12-13H2,1-5H3,(H2,31,33,34). The molecule has 1 fully saturated rings. The van der Waals surface area contributed by atoms with Crippen LogP contribution in [-0.2, 0) is 0 Å². The molecule has 4 N–H and O–H groups in total. The summed E-state index contributed by atoms with van der Waals surface area (Å²) in [6.45, 7) is 12.0. The zero-order valence-electron chi connectivity index (χ0n) is 23.0. The number of nitrogens with one attached hydrogen (secondary N) is 2. The molecule has 0 atom stereocenters. The van der Waals surface area contributed by atoms with Crippen molar-refractivity contribution in [3.63, 3.8) is 0 Å². The molecule has 0 bridgehead atoms. The van der Waals surface area contributed by atoms with Crippen molar-refractivity contribution < 1.29 is 9.47 Å². The average molecular weight is 570 g/mol. The number of anilines is 2. The van der Waals surface area contributed by atoms with Crippen molar-refractivity contribution in [3.8, 4) is 23.0 Å². The highest BCUT2D eigenvalue weighted by atomic mass is 35.5. The number of ether oxygens (including phenoxy) is 2. The summed E-state index contributed by atoms with van der Waals surface area (Å²) in [6, 6.07) is 9.72. The number of benzene rings is 1. The summed E-state index contributed by atoms with van der Waals surface area (Å²) >= 11 is 7.96. The first kappa shape index (κ1) is 28.9. The number of hydrogen-bond acceptors (Lipinski definition) is 10. The monoisotopic (exact) mass is 569 g/mol. The number of nitrogens with zero attached hydrogens (tertiary/aromatic N) is 4. The first-order chi connectivity index (χ1) is 18.6. The zero-order chi connectivity index (χ0) is 28.1. The van der Waals surface area contributed by atoms with E-state index in [-0.39, 0.29) is 23.7 Å². The predicted molar refractivity (Wildman–Crippen MR) is 159 cm³/mol. The molecule has 3 heterocycles. The molecule has 0 spiro atoms. The molecule has 1 aromatic carbocycles. The van der Waals surface area contributed by atoms with Gasteiger partial charge in [-0.1, -0.05) is 11.6 Å². The Hall–Kier alpha value is -3.08. The SMILES string of the molecule is CC(=N)c1c(N)nc(-c2ccc(NSc3cc(OC(C)C)ccn3)c(Cl)c2)nc1OC1CCN(C(C)C)CC1. The second-order valence-electron chi connectivity index (χ2n) is 10.1. The number of nitrogens with two attached hydrogens (primary N) is 1. The lowest BCUT2D eigenvalue weighted by atomic mass is 10.1. The molecule has 0 aliphatic carbocycles. The number of hydrogen-bond donors (Lipinski definition) is 3. The van der Waals surface area contributed by atoms with Gasteiger partial charge in [-0.05, 0) is 71.7 Å². The molecule has 0 amide bonds. The fourth-order valence-electron chi connectivity index (χ4n) is 4.33. The summed E-state index contributed by atoms with van der Waals surface area (Å²) in [5.74, 6) is 1.71. The average Bonchev–Trinajstić information content (AvgIpc) is 2.87. The summed E-state index contributed by atoms with van der Waals surface area (Å²) in [6.07, 6.45) is 3.57. The quantitative estimate of drug-likeness (QED) is 0.190. The summed E-state index contributed by atoms with van der Waals surface area (Å²) < 4.78 is 15.3. The number of halogens is 1. The predicted octanol–water partition coefficient (Wildman–Crippen LogP) is 6.32. The second kappa shape index (κ2) is 12.8. The molecule has 39 heavy (non-hydrogen) atoms. The molecule has 1 aliphatic heterocycles. The minimum Gasteiger partial charge on any atom is -0.491 e. The van der Waals surface area contributed by atoms with Gasteiger partial charge in [0.15, 0.2) is 5.82 Å². The Kier molecular flexibility index (Phi) is 9.53. The maximum absolute atomic E-state index is 8.23. The van der Waals surface area contributed by atoms with E-state index in [1.54, 1.807) is 19.2 Å². The van der Waals surface area contributed by atoms with Gasteiger partial charge in [-0.3, -0.25) is 0 Å². The topological polar surface area (TPSA) is 122 Å². The van der Waals surface area contributed by atoms with Crippen LogP contribution in [0.1, 0.15) is 53.0 Å². The molecule has 208 valence electrons. The normalized spacial score (nSPS) is 14.6. The number of likely N-dealkylation sites (tertiary alicyclic amines) is 1. The van der Waals surface area contributed by atoms with Crippen molar-refractivity contribution in [1.29, 1.82) is 5.41 Å². The van der Waals surface area contributed by atoms with E-state index >= 15 is 0 Å². The molecular formula is C28H36ClN7O2S. The second-order valence-corrected chi connectivity index (χ2v) is 11.3. The lowest BCUT2D eigenvalue weighted by Crippen LogP contribution is -2.42. The van der Waals surface area contributed by atoms with Crippen molar-refractivity contribution in [2.24, 2.45) is 0 Å². The number of aromatic nitrogens is 3. The Bertz CT molecular complexity index is 1310. The van der Waals surface area contributed by atoms with E-state index in [2.05, 4.69) is 33.4 Å². The lowest BCUT2D eigenvalue weighted by Gasteiger charge is -2.34. The molecular weight excluding hydrogens is 534 g/mol. The van der Waals surface area contributed by atoms with Crippen molar-refractivity contribution in [1.82, 2.24) is 19.9 Å². The molecule has 0 radical (unpaired) electrons. The highest BCUT2D eigenvalue weighted by Crippen LogP contribution is 2.33. The van der Waals surface area contributed by atoms with Crippen LogP contribution in [-0.4, -0.2) is 56.9 Å². The summed E-state index contributed by atoms with van der Waals surface area (Å²) in [5, 5.41) is 9.48. The lowest BCUT2D eigenvalue weighted by molar-refractivity contribution is 0.0812. The van der Waals surface area contributed by atoms with Gasteiger partial charge in [-0.2, -0.15) is 4.98 Å². The molecule has 9 nitrogen and oxygen atoms in total. The molecule has 1 aliphatic rings. The van der Waals surface area contributed by atoms with Gasteiger partial charge < -0.3 is 30.2 Å². The summed E-state index contributed by atoms with van der Waals surface area (Å²) in [7, 11) is 0. The third kappa shape index (κ3) is 7.52. The van der Waals surface area contributed by atoms with Crippen LogP contribution >= 0.6 is 23.5 Å². The molecule has 1 saturated heterocycles. The zero-order valence-corrected chi connectivity index (χ0v) is 24.6. The number of piperidine rings is 1. The fraction of sp³-hybridized carbons (Fsp3) is 0.429. The molecule has 11 heteroatoms. The number of nitrogen functional groups attached to an aromatic ring is 1. The highest BCUT2D eigenvalue weighted by molar-refractivity contribution is 8.00. The van der Waals surface area contributed by atoms with Crippen molar-refractivity contribution in [2.75, 3.05) is 23.5 Å². The van der Waals surface area contributed by atoms with Crippen LogP contribution < -0.4 is 19.9 Å². The van der Waals surface area contributed by atoms with Crippen LogP contribution in [0.15, 0.2) is 41.6 Å². The van der Waals surface area contributed by atoms with Gasteiger partial charge in [0, 0.05) is 54.6 Å². The minimum absolute atomic E-state index is 0.00508. The van der Waals surface area contributed by atoms with Gasteiger partial charge in [0.05, 0.1) is 22.4 Å². The Balaban J connectivity index is 1.51. The Morgan fingerprint density at radius 1 is 1.15 bits per heavy atom.